The van der Waals surface area contributed by atoms with E-state index in [1.54, 1.807) is 12.4 Å². The zero-order chi connectivity index (χ0) is 14.1. The van der Waals surface area contributed by atoms with Crippen molar-refractivity contribution in [1.82, 2.24) is 4.98 Å². The van der Waals surface area contributed by atoms with Crippen molar-refractivity contribution in [3.63, 3.8) is 0 Å². The van der Waals surface area contributed by atoms with Gasteiger partial charge in [-0.05, 0) is 34.7 Å². The van der Waals surface area contributed by atoms with Gasteiger partial charge in [-0.1, -0.05) is 40.2 Å². The second-order valence-corrected chi connectivity index (χ2v) is 5.55. The summed E-state index contributed by atoms with van der Waals surface area (Å²) < 4.78 is 14.2. The number of hydrogen-bond acceptors (Lipinski definition) is 2. The van der Waals surface area contributed by atoms with Crippen molar-refractivity contribution in [1.29, 1.82) is 0 Å². The third-order valence-corrected chi connectivity index (χ3v) is 3.74. The fourth-order valence-corrected chi connectivity index (χ4v) is 2.81. The summed E-state index contributed by atoms with van der Waals surface area (Å²) in [6, 6.07) is 12.2. The first-order chi connectivity index (χ1) is 9.65. The third-order valence-electron chi connectivity index (χ3n) is 3.28. The van der Waals surface area contributed by atoms with Crippen molar-refractivity contribution in [3.8, 4) is 0 Å². The van der Waals surface area contributed by atoms with Gasteiger partial charge in [-0.25, -0.2) is 4.39 Å². The van der Waals surface area contributed by atoms with Crippen LogP contribution < -0.4 is 5.73 Å². The van der Waals surface area contributed by atoms with Gasteiger partial charge in [0.15, 0.2) is 0 Å². The molecule has 2 nitrogen and oxygen atoms in total. The van der Waals surface area contributed by atoms with Crippen LogP contribution in [-0.4, -0.2) is 4.98 Å². The lowest BCUT2D eigenvalue weighted by molar-refractivity contribution is 0.622. The van der Waals surface area contributed by atoms with E-state index < -0.39 is 6.04 Å². The highest BCUT2D eigenvalue weighted by molar-refractivity contribution is 9.10. The van der Waals surface area contributed by atoms with Gasteiger partial charge in [0.25, 0.3) is 0 Å². The van der Waals surface area contributed by atoms with Crippen LogP contribution in [0.3, 0.4) is 0 Å². The molecule has 3 aromatic rings. The second kappa shape index (κ2) is 5.31. The normalized spacial score (nSPS) is 12.6. The van der Waals surface area contributed by atoms with Crippen molar-refractivity contribution in [2.24, 2.45) is 5.73 Å². The van der Waals surface area contributed by atoms with E-state index in [1.807, 2.05) is 30.3 Å². The summed E-state index contributed by atoms with van der Waals surface area (Å²) in [5.74, 6) is -0.307. The van der Waals surface area contributed by atoms with E-state index in [-0.39, 0.29) is 5.82 Å². The van der Waals surface area contributed by atoms with Crippen LogP contribution in [-0.2, 0) is 0 Å². The zero-order valence-corrected chi connectivity index (χ0v) is 12.1. The second-order valence-electron chi connectivity index (χ2n) is 4.63. The maximum atomic E-state index is 13.5. The maximum Gasteiger partial charge on any atom is 0.124 e. The topological polar surface area (TPSA) is 38.9 Å². The van der Waals surface area contributed by atoms with Crippen LogP contribution in [0, 0.1) is 5.82 Å². The van der Waals surface area contributed by atoms with Crippen LogP contribution in [0.1, 0.15) is 17.2 Å². The first-order valence-electron chi connectivity index (χ1n) is 6.19. The molecule has 0 aliphatic rings. The molecule has 20 heavy (non-hydrogen) atoms. The van der Waals surface area contributed by atoms with Gasteiger partial charge in [-0.3, -0.25) is 4.98 Å². The molecule has 100 valence electrons. The van der Waals surface area contributed by atoms with E-state index >= 15 is 0 Å². The SMILES string of the molecule is NC(c1cc(F)cc(Br)c1)c1cncc2ccccc12. The Kier molecular flexibility index (Phi) is 3.51. The van der Waals surface area contributed by atoms with E-state index in [0.717, 1.165) is 21.9 Å². The summed E-state index contributed by atoms with van der Waals surface area (Å²) >= 11 is 3.29. The number of rotatable bonds is 2. The molecule has 0 spiro atoms. The minimum absolute atomic E-state index is 0.307. The summed E-state index contributed by atoms with van der Waals surface area (Å²) in [7, 11) is 0. The molecule has 0 amide bonds. The van der Waals surface area contributed by atoms with E-state index in [4.69, 9.17) is 5.73 Å². The van der Waals surface area contributed by atoms with E-state index in [0.29, 0.717) is 4.47 Å². The van der Waals surface area contributed by atoms with Gasteiger partial charge in [0.1, 0.15) is 5.82 Å². The number of halogens is 2. The van der Waals surface area contributed by atoms with Crippen LogP contribution >= 0.6 is 15.9 Å². The quantitative estimate of drug-likeness (QED) is 0.765. The van der Waals surface area contributed by atoms with Gasteiger partial charge in [-0.15, -0.1) is 0 Å². The predicted molar refractivity (Wildman–Crippen MR) is 81.9 cm³/mol. The number of hydrogen-bond donors (Lipinski definition) is 1. The molecule has 1 heterocycles. The summed E-state index contributed by atoms with van der Waals surface area (Å²) in [5.41, 5.74) is 7.90. The molecule has 2 N–H and O–H groups in total. The number of nitrogens with two attached hydrogens (primary N) is 1. The van der Waals surface area contributed by atoms with E-state index in [9.17, 15) is 4.39 Å². The molecule has 0 saturated carbocycles. The number of nitrogens with zero attached hydrogens (tertiary/aromatic N) is 1. The Balaban J connectivity index is 2.15. The molecule has 2 aromatic carbocycles. The fourth-order valence-electron chi connectivity index (χ4n) is 2.32. The van der Waals surface area contributed by atoms with Gasteiger partial charge in [0.2, 0.25) is 0 Å². The summed E-state index contributed by atoms with van der Waals surface area (Å²) in [4.78, 5) is 4.22. The van der Waals surface area contributed by atoms with Gasteiger partial charge < -0.3 is 5.73 Å². The van der Waals surface area contributed by atoms with Gasteiger partial charge in [-0.2, -0.15) is 0 Å². The fraction of sp³-hybridized carbons (Fsp3) is 0.0625. The van der Waals surface area contributed by atoms with Crippen LogP contribution in [0.15, 0.2) is 59.3 Å². The Hall–Kier alpha value is -1.78. The molecule has 0 fully saturated rings. The molecule has 1 unspecified atom stereocenters. The summed E-state index contributed by atoms with van der Waals surface area (Å²) in [5, 5.41) is 2.06. The lowest BCUT2D eigenvalue weighted by Gasteiger charge is -2.15. The van der Waals surface area contributed by atoms with Crippen LogP contribution in [0.5, 0.6) is 0 Å². The predicted octanol–water partition coefficient (Wildman–Crippen LogP) is 4.18. The van der Waals surface area contributed by atoms with Crippen molar-refractivity contribution in [2.45, 2.75) is 6.04 Å². The van der Waals surface area contributed by atoms with Crippen molar-refractivity contribution in [3.05, 3.63) is 76.3 Å². The number of benzene rings is 2. The Labute approximate surface area is 124 Å². The largest absolute Gasteiger partial charge is 0.320 e. The number of pyridine rings is 1. The summed E-state index contributed by atoms with van der Waals surface area (Å²) in [6.45, 7) is 0. The summed E-state index contributed by atoms with van der Waals surface area (Å²) in [6.07, 6.45) is 3.54. The Morgan fingerprint density at radius 2 is 1.90 bits per heavy atom. The Morgan fingerprint density at radius 1 is 1.10 bits per heavy atom. The zero-order valence-electron chi connectivity index (χ0n) is 10.6. The molecule has 4 heteroatoms. The third kappa shape index (κ3) is 2.44. The number of fused-ring (bicyclic) bond motifs is 1. The van der Waals surface area contributed by atoms with Crippen LogP contribution in [0.25, 0.3) is 10.8 Å². The molecule has 0 aliphatic carbocycles. The minimum Gasteiger partial charge on any atom is -0.320 e. The lowest BCUT2D eigenvalue weighted by Crippen LogP contribution is -2.13. The molecule has 1 aromatic heterocycles. The number of aromatic nitrogens is 1. The molecule has 1 atom stereocenters. The highest BCUT2D eigenvalue weighted by atomic mass is 79.9. The highest BCUT2D eigenvalue weighted by Crippen LogP contribution is 2.28. The molecule has 0 aliphatic heterocycles. The Morgan fingerprint density at radius 3 is 2.70 bits per heavy atom. The molecular weight excluding hydrogens is 319 g/mol. The van der Waals surface area contributed by atoms with Gasteiger partial charge in [0.05, 0.1) is 6.04 Å². The smallest absolute Gasteiger partial charge is 0.124 e. The van der Waals surface area contributed by atoms with Gasteiger partial charge >= 0.3 is 0 Å². The first-order valence-corrected chi connectivity index (χ1v) is 6.98. The average Bonchev–Trinajstić information content (AvgIpc) is 2.45. The Bertz CT molecular complexity index is 748. The van der Waals surface area contributed by atoms with Crippen molar-refractivity contribution < 1.29 is 4.39 Å². The van der Waals surface area contributed by atoms with E-state index in [2.05, 4.69) is 20.9 Å². The van der Waals surface area contributed by atoms with Crippen LogP contribution in [0.4, 0.5) is 4.39 Å². The standard InChI is InChI=1S/C16H12BrFN2/c17-12-5-11(6-13(18)7-12)16(19)15-9-20-8-10-3-1-2-4-14(10)15/h1-9,16H,19H2. The minimum atomic E-state index is -0.416. The highest BCUT2D eigenvalue weighted by Gasteiger charge is 2.14. The van der Waals surface area contributed by atoms with Crippen molar-refractivity contribution >= 4 is 26.7 Å². The van der Waals surface area contributed by atoms with Gasteiger partial charge in [0, 0.05) is 22.3 Å². The monoisotopic (exact) mass is 330 g/mol. The molecule has 3 rings (SSSR count). The first kappa shape index (κ1) is 13.2. The van der Waals surface area contributed by atoms with E-state index in [1.165, 1.54) is 12.1 Å². The molecule has 0 saturated heterocycles. The lowest BCUT2D eigenvalue weighted by atomic mass is 9.96. The average molecular weight is 331 g/mol. The van der Waals surface area contributed by atoms with Crippen molar-refractivity contribution in [2.75, 3.05) is 0 Å². The molecule has 0 radical (unpaired) electrons. The molecule has 0 bridgehead atoms. The maximum absolute atomic E-state index is 13.5. The molecular formula is C16H12BrFN2. The van der Waals surface area contributed by atoms with Crippen LogP contribution in [0.2, 0.25) is 0 Å².